The molecule has 0 amide bonds. The van der Waals surface area contributed by atoms with E-state index in [4.69, 9.17) is 11.0 Å². The number of nitrogens with two attached hydrogens (primary N) is 1. The van der Waals surface area contributed by atoms with Crippen LogP contribution in [0.2, 0.25) is 0 Å². The first-order valence-corrected chi connectivity index (χ1v) is 4.95. The maximum Gasteiger partial charge on any atom is 0.101 e. The molecule has 0 atom stereocenters. The number of thiophene rings is 1. The van der Waals surface area contributed by atoms with Crippen molar-refractivity contribution < 1.29 is 0 Å². The van der Waals surface area contributed by atoms with E-state index in [2.05, 4.69) is 18.7 Å². The van der Waals surface area contributed by atoms with Crippen LogP contribution in [0.15, 0.2) is 22.4 Å². The van der Waals surface area contributed by atoms with E-state index in [1.807, 2.05) is 11.4 Å². The molecule has 1 aromatic carbocycles. The molecule has 2 aromatic rings. The first kappa shape index (κ1) is 8.42. The second kappa shape index (κ2) is 2.95. The molecule has 0 aliphatic heterocycles. The molecule has 2 rings (SSSR count). The van der Waals surface area contributed by atoms with Gasteiger partial charge in [-0.15, -0.1) is 24.0 Å². The predicted molar refractivity (Wildman–Crippen MR) is 58.2 cm³/mol. The van der Waals surface area contributed by atoms with Gasteiger partial charge < -0.3 is 5.73 Å². The van der Waals surface area contributed by atoms with Crippen LogP contribution in [0.3, 0.4) is 0 Å². The third-order valence-electron chi connectivity index (χ3n) is 1.88. The topological polar surface area (TPSA) is 49.8 Å². The molecule has 0 fully saturated rings. The van der Waals surface area contributed by atoms with E-state index in [0.29, 0.717) is 11.3 Å². The number of nitriles is 1. The van der Waals surface area contributed by atoms with Gasteiger partial charge in [0.15, 0.2) is 0 Å². The number of nitrogens with zero attached hydrogens (tertiary/aromatic N) is 1. The zero-order valence-corrected chi connectivity index (χ0v) is 8.32. The lowest BCUT2D eigenvalue weighted by atomic mass is 10.1. The second-order valence-corrected chi connectivity index (χ2v) is 4.03. The average molecular weight is 206 g/mol. The molecule has 0 aliphatic carbocycles. The smallest absolute Gasteiger partial charge is 0.101 e. The fraction of sp³-hybridized carbons (Fsp3) is 0. The Kier molecular flexibility index (Phi) is 1.91. The maximum absolute atomic E-state index is 8.78. The number of anilines is 1. The molecule has 13 heavy (non-hydrogen) atoms. The van der Waals surface area contributed by atoms with Crippen LogP contribution < -0.4 is 5.73 Å². The number of thiol groups is 1. The molecule has 1 heterocycles. The van der Waals surface area contributed by atoms with Gasteiger partial charge in [0.25, 0.3) is 0 Å². The van der Waals surface area contributed by atoms with Gasteiger partial charge in [-0.1, -0.05) is 0 Å². The molecule has 0 saturated carbocycles. The summed E-state index contributed by atoms with van der Waals surface area (Å²) >= 11 is 5.82. The van der Waals surface area contributed by atoms with Crippen molar-refractivity contribution in [2.45, 2.75) is 4.90 Å². The number of nitrogen functional groups attached to an aromatic ring is 1. The Hall–Kier alpha value is -1.18. The Bertz CT molecular complexity index is 508. The molecule has 2 nitrogen and oxygen atoms in total. The van der Waals surface area contributed by atoms with Gasteiger partial charge in [0, 0.05) is 10.3 Å². The Morgan fingerprint density at radius 3 is 3.00 bits per heavy atom. The van der Waals surface area contributed by atoms with Gasteiger partial charge in [-0.3, -0.25) is 0 Å². The van der Waals surface area contributed by atoms with Crippen LogP contribution in [-0.4, -0.2) is 0 Å². The van der Waals surface area contributed by atoms with Gasteiger partial charge in [0.1, 0.15) is 6.07 Å². The number of rotatable bonds is 0. The van der Waals surface area contributed by atoms with Gasteiger partial charge in [-0.05, 0) is 17.5 Å². The van der Waals surface area contributed by atoms with Crippen LogP contribution in [0.25, 0.3) is 10.1 Å². The summed E-state index contributed by atoms with van der Waals surface area (Å²) in [6, 6.07) is 5.71. The molecule has 0 unspecified atom stereocenters. The number of benzene rings is 1. The molecule has 64 valence electrons. The Morgan fingerprint density at radius 2 is 2.31 bits per heavy atom. The number of hydrogen-bond donors (Lipinski definition) is 2. The third kappa shape index (κ3) is 1.17. The van der Waals surface area contributed by atoms with E-state index in [1.54, 1.807) is 6.07 Å². The minimum Gasteiger partial charge on any atom is -0.396 e. The summed E-state index contributed by atoms with van der Waals surface area (Å²) < 4.78 is 0.948. The van der Waals surface area contributed by atoms with Crippen LogP contribution in [0.1, 0.15) is 5.56 Å². The summed E-state index contributed by atoms with van der Waals surface area (Å²) in [5.74, 6) is 0. The fourth-order valence-electron chi connectivity index (χ4n) is 1.23. The van der Waals surface area contributed by atoms with Gasteiger partial charge in [-0.25, -0.2) is 0 Å². The average Bonchev–Trinajstić information content (AvgIpc) is 2.60. The lowest BCUT2D eigenvalue weighted by Gasteiger charge is -2.01. The summed E-state index contributed by atoms with van der Waals surface area (Å²) in [6.45, 7) is 0. The monoisotopic (exact) mass is 206 g/mol. The first-order valence-electron chi connectivity index (χ1n) is 3.63. The van der Waals surface area contributed by atoms with Crippen molar-refractivity contribution in [1.82, 2.24) is 0 Å². The van der Waals surface area contributed by atoms with E-state index in [9.17, 15) is 0 Å². The molecule has 1 aromatic heterocycles. The SMILES string of the molecule is N#Cc1cc(S)c2ccsc2c1N. The van der Waals surface area contributed by atoms with Crippen LogP contribution in [0.4, 0.5) is 5.69 Å². The molecule has 0 saturated heterocycles. The summed E-state index contributed by atoms with van der Waals surface area (Å²) in [7, 11) is 0. The van der Waals surface area contributed by atoms with Crippen LogP contribution in [0.5, 0.6) is 0 Å². The van der Waals surface area contributed by atoms with Crippen LogP contribution in [0, 0.1) is 11.3 Å². The minimum absolute atomic E-state index is 0.500. The lowest BCUT2D eigenvalue weighted by Crippen LogP contribution is -1.90. The standard InChI is InChI=1S/C9H6N2S2/c10-4-5-3-7(12)6-1-2-13-9(6)8(5)11/h1-3,12H,11H2. The molecule has 0 aliphatic rings. The zero-order valence-electron chi connectivity index (χ0n) is 6.61. The van der Waals surface area contributed by atoms with E-state index in [0.717, 1.165) is 15.0 Å². The highest BCUT2D eigenvalue weighted by Gasteiger charge is 2.08. The predicted octanol–water partition coefficient (Wildman–Crippen LogP) is 2.64. The summed E-state index contributed by atoms with van der Waals surface area (Å²) in [5, 5.41) is 11.7. The van der Waals surface area contributed by atoms with E-state index in [-0.39, 0.29) is 0 Å². The molecule has 4 heteroatoms. The molecule has 2 N–H and O–H groups in total. The first-order chi connectivity index (χ1) is 6.24. The van der Waals surface area contributed by atoms with Crippen molar-refractivity contribution in [2.24, 2.45) is 0 Å². The Balaban J connectivity index is 2.95. The highest BCUT2D eigenvalue weighted by atomic mass is 32.1. The maximum atomic E-state index is 8.78. The van der Waals surface area contributed by atoms with Crippen molar-refractivity contribution in [2.75, 3.05) is 5.73 Å². The molecule has 0 spiro atoms. The van der Waals surface area contributed by atoms with Gasteiger partial charge in [0.05, 0.1) is 16.0 Å². The van der Waals surface area contributed by atoms with Crippen molar-refractivity contribution in [3.05, 3.63) is 23.1 Å². The third-order valence-corrected chi connectivity index (χ3v) is 3.20. The fourth-order valence-corrected chi connectivity index (χ4v) is 2.50. The van der Waals surface area contributed by atoms with Gasteiger partial charge in [0.2, 0.25) is 0 Å². The number of hydrogen-bond acceptors (Lipinski definition) is 4. The van der Waals surface area contributed by atoms with Gasteiger partial charge >= 0.3 is 0 Å². The van der Waals surface area contributed by atoms with Gasteiger partial charge in [-0.2, -0.15) is 5.26 Å². The van der Waals surface area contributed by atoms with Crippen LogP contribution in [-0.2, 0) is 0 Å². The highest BCUT2D eigenvalue weighted by molar-refractivity contribution is 7.80. The zero-order chi connectivity index (χ0) is 9.42. The quantitative estimate of drug-likeness (QED) is 0.514. The summed E-state index contributed by atoms with van der Waals surface area (Å²) in [4.78, 5) is 0.807. The Labute approximate surface area is 85.0 Å². The lowest BCUT2D eigenvalue weighted by molar-refractivity contribution is 1.46. The highest BCUT2D eigenvalue weighted by Crippen LogP contribution is 2.33. The van der Waals surface area contributed by atoms with Crippen molar-refractivity contribution >= 4 is 39.7 Å². The molecule has 0 radical (unpaired) electrons. The molecular formula is C9H6N2S2. The number of fused-ring (bicyclic) bond motifs is 1. The minimum atomic E-state index is 0.500. The Morgan fingerprint density at radius 1 is 1.54 bits per heavy atom. The van der Waals surface area contributed by atoms with Crippen molar-refractivity contribution in [3.63, 3.8) is 0 Å². The summed E-state index contributed by atoms with van der Waals surface area (Å²) in [5.41, 5.74) is 6.86. The van der Waals surface area contributed by atoms with E-state index >= 15 is 0 Å². The van der Waals surface area contributed by atoms with E-state index in [1.165, 1.54) is 11.3 Å². The normalized spacial score (nSPS) is 10.2. The largest absolute Gasteiger partial charge is 0.396 e. The summed E-state index contributed by atoms with van der Waals surface area (Å²) in [6.07, 6.45) is 0. The molecular weight excluding hydrogens is 200 g/mol. The van der Waals surface area contributed by atoms with Crippen LogP contribution >= 0.6 is 24.0 Å². The molecule has 0 bridgehead atoms. The van der Waals surface area contributed by atoms with E-state index < -0.39 is 0 Å². The van der Waals surface area contributed by atoms with Crippen molar-refractivity contribution in [1.29, 1.82) is 5.26 Å². The van der Waals surface area contributed by atoms with Crippen molar-refractivity contribution in [3.8, 4) is 6.07 Å². The second-order valence-electron chi connectivity index (χ2n) is 2.63.